The summed E-state index contributed by atoms with van der Waals surface area (Å²) in [5, 5.41) is 8.57. The molecule has 0 unspecified atom stereocenters. The second kappa shape index (κ2) is 6.99. The molecule has 21 heavy (non-hydrogen) atoms. The maximum Gasteiger partial charge on any atom is 0.328 e. The molecule has 108 valence electrons. The van der Waals surface area contributed by atoms with E-state index in [2.05, 4.69) is 25.9 Å². The van der Waals surface area contributed by atoms with Gasteiger partial charge >= 0.3 is 5.97 Å². The Morgan fingerprint density at radius 3 is 2.62 bits per heavy atom. The largest absolute Gasteiger partial charge is 0.478 e. The molecular formula is C15H14BrN3O2. The number of hydrogen-bond acceptors (Lipinski definition) is 4. The highest BCUT2D eigenvalue weighted by Crippen LogP contribution is 2.19. The van der Waals surface area contributed by atoms with Gasteiger partial charge in [-0.3, -0.25) is 0 Å². The molecule has 0 bridgehead atoms. The molecule has 6 heteroatoms. The van der Waals surface area contributed by atoms with Crippen LogP contribution in [0.3, 0.4) is 0 Å². The van der Waals surface area contributed by atoms with Crippen molar-refractivity contribution in [2.45, 2.75) is 6.54 Å². The van der Waals surface area contributed by atoms with Gasteiger partial charge < -0.3 is 10.0 Å². The summed E-state index contributed by atoms with van der Waals surface area (Å²) in [4.78, 5) is 20.8. The van der Waals surface area contributed by atoms with Crippen LogP contribution in [0.25, 0.3) is 6.08 Å². The summed E-state index contributed by atoms with van der Waals surface area (Å²) in [5.41, 5.74) is 1.79. The Labute approximate surface area is 131 Å². The lowest BCUT2D eigenvalue weighted by Gasteiger charge is -2.17. The highest BCUT2D eigenvalue weighted by Gasteiger charge is 2.07. The van der Waals surface area contributed by atoms with E-state index in [0.717, 1.165) is 16.1 Å². The first-order valence-electron chi connectivity index (χ1n) is 6.24. The molecule has 5 nitrogen and oxygen atoms in total. The highest BCUT2D eigenvalue weighted by molar-refractivity contribution is 9.10. The number of carbonyl (C=O) groups is 1. The number of halogens is 1. The molecule has 0 spiro atoms. The van der Waals surface area contributed by atoms with Crippen molar-refractivity contribution in [2.75, 3.05) is 11.9 Å². The first-order valence-corrected chi connectivity index (χ1v) is 7.03. The Hall–Kier alpha value is -2.21. The molecule has 2 aromatic rings. The number of carboxylic acid groups (broad SMARTS) is 1. The van der Waals surface area contributed by atoms with Crippen LogP contribution in [0, 0.1) is 0 Å². The zero-order valence-electron chi connectivity index (χ0n) is 11.4. The average molecular weight is 348 g/mol. The zero-order chi connectivity index (χ0) is 15.2. The Morgan fingerprint density at radius 1 is 1.33 bits per heavy atom. The summed E-state index contributed by atoms with van der Waals surface area (Å²) in [6.45, 7) is 0.672. The van der Waals surface area contributed by atoms with Crippen molar-refractivity contribution in [3.8, 4) is 0 Å². The number of benzene rings is 1. The SMILES string of the molecule is CN(Cc1ccccc1Br)c1ncc(/C=C/C(=O)O)cn1. The van der Waals surface area contributed by atoms with Crippen LogP contribution in [0.2, 0.25) is 0 Å². The molecule has 2 rings (SSSR count). The van der Waals surface area contributed by atoms with Gasteiger partial charge in [0.25, 0.3) is 0 Å². The summed E-state index contributed by atoms with van der Waals surface area (Å²) in [6, 6.07) is 7.97. The molecule has 0 fully saturated rings. The van der Waals surface area contributed by atoms with Gasteiger partial charge in [-0.05, 0) is 17.7 Å². The number of hydrogen-bond donors (Lipinski definition) is 1. The molecule has 1 aromatic heterocycles. The second-order valence-corrected chi connectivity index (χ2v) is 5.29. The quantitative estimate of drug-likeness (QED) is 0.842. The van der Waals surface area contributed by atoms with Gasteiger partial charge in [0.1, 0.15) is 0 Å². The monoisotopic (exact) mass is 347 g/mol. The van der Waals surface area contributed by atoms with E-state index in [1.807, 2.05) is 36.2 Å². The molecule has 0 saturated heterocycles. The number of anilines is 1. The fraction of sp³-hybridized carbons (Fsp3) is 0.133. The molecule has 0 amide bonds. The predicted molar refractivity (Wildman–Crippen MR) is 85.0 cm³/mol. The van der Waals surface area contributed by atoms with Crippen LogP contribution >= 0.6 is 15.9 Å². The van der Waals surface area contributed by atoms with Crippen molar-refractivity contribution < 1.29 is 9.90 Å². The van der Waals surface area contributed by atoms with E-state index >= 15 is 0 Å². The Bertz CT molecular complexity index is 656. The maximum atomic E-state index is 10.4. The van der Waals surface area contributed by atoms with Crippen molar-refractivity contribution in [3.63, 3.8) is 0 Å². The van der Waals surface area contributed by atoms with Crippen molar-refractivity contribution in [3.05, 3.63) is 58.3 Å². The molecule has 0 radical (unpaired) electrons. The van der Waals surface area contributed by atoms with E-state index in [0.29, 0.717) is 18.1 Å². The predicted octanol–water partition coefficient (Wildman–Crippen LogP) is 2.97. The van der Waals surface area contributed by atoms with Crippen molar-refractivity contribution in [1.29, 1.82) is 0 Å². The minimum Gasteiger partial charge on any atom is -0.478 e. The number of carboxylic acids is 1. The lowest BCUT2D eigenvalue weighted by molar-refractivity contribution is -0.131. The summed E-state index contributed by atoms with van der Waals surface area (Å²) >= 11 is 3.51. The van der Waals surface area contributed by atoms with Crippen LogP contribution in [0.15, 0.2) is 47.2 Å². The second-order valence-electron chi connectivity index (χ2n) is 4.44. The molecule has 1 heterocycles. The van der Waals surface area contributed by atoms with Crippen LogP contribution in [0.5, 0.6) is 0 Å². The standard InChI is InChI=1S/C15H14BrN3O2/c1-19(10-12-4-2-3-5-13(12)16)15-17-8-11(9-18-15)6-7-14(20)21/h2-9H,10H2,1H3,(H,20,21)/b7-6+. The van der Waals surface area contributed by atoms with Crippen LogP contribution in [0.4, 0.5) is 5.95 Å². The Morgan fingerprint density at radius 2 is 2.00 bits per heavy atom. The molecule has 0 aliphatic carbocycles. The van der Waals surface area contributed by atoms with Crippen LogP contribution in [-0.4, -0.2) is 28.1 Å². The van der Waals surface area contributed by atoms with E-state index in [-0.39, 0.29) is 0 Å². The number of aliphatic carboxylic acids is 1. The van der Waals surface area contributed by atoms with Gasteiger partial charge in [-0.2, -0.15) is 0 Å². The van der Waals surface area contributed by atoms with Gasteiger partial charge in [-0.1, -0.05) is 34.1 Å². The first-order chi connectivity index (χ1) is 10.1. The maximum absolute atomic E-state index is 10.4. The molecule has 0 saturated carbocycles. The third kappa shape index (κ3) is 4.39. The normalized spacial score (nSPS) is 10.8. The first kappa shape index (κ1) is 15.2. The summed E-state index contributed by atoms with van der Waals surface area (Å²) in [7, 11) is 1.90. The molecular weight excluding hydrogens is 334 g/mol. The van der Waals surface area contributed by atoms with E-state index in [4.69, 9.17) is 5.11 Å². The molecule has 0 aliphatic heterocycles. The number of nitrogens with zero attached hydrogens (tertiary/aromatic N) is 3. The zero-order valence-corrected chi connectivity index (χ0v) is 13.0. The fourth-order valence-corrected chi connectivity index (χ4v) is 2.14. The lowest BCUT2D eigenvalue weighted by Crippen LogP contribution is -2.19. The lowest BCUT2D eigenvalue weighted by atomic mass is 10.2. The minimum absolute atomic E-state index is 0.582. The summed E-state index contributed by atoms with van der Waals surface area (Å²) < 4.78 is 1.04. The van der Waals surface area contributed by atoms with Crippen molar-refractivity contribution >= 4 is 33.9 Å². The number of aromatic nitrogens is 2. The Kier molecular flexibility index (Phi) is 5.05. The minimum atomic E-state index is -0.995. The average Bonchev–Trinajstić information content (AvgIpc) is 2.48. The van der Waals surface area contributed by atoms with Gasteiger partial charge in [-0.15, -0.1) is 0 Å². The number of rotatable bonds is 5. The van der Waals surface area contributed by atoms with E-state index in [1.54, 1.807) is 12.4 Å². The third-order valence-electron chi connectivity index (χ3n) is 2.78. The molecule has 1 N–H and O–H groups in total. The molecule has 0 aliphatic rings. The van der Waals surface area contributed by atoms with Gasteiger partial charge in [0.2, 0.25) is 5.95 Å². The molecule has 0 atom stereocenters. The van der Waals surface area contributed by atoms with Crippen molar-refractivity contribution in [2.24, 2.45) is 0 Å². The van der Waals surface area contributed by atoms with E-state index < -0.39 is 5.97 Å². The molecule has 1 aromatic carbocycles. The van der Waals surface area contributed by atoms with Gasteiger partial charge in [0.15, 0.2) is 0 Å². The van der Waals surface area contributed by atoms with Gasteiger partial charge in [-0.25, -0.2) is 14.8 Å². The van der Waals surface area contributed by atoms with Crippen molar-refractivity contribution in [1.82, 2.24) is 9.97 Å². The van der Waals surface area contributed by atoms with E-state index in [1.165, 1.54) is 6.08 Å². The highest BCUT2D eigenvalue weighted by atomic mass is 79.9. The summed E-state index contributed by atoms with van der Waals surface area (Å²) in [6.07, 6.45) is 5.71. The topological polar surface area (TPSA) is 66.3 Å². The third-order valence-corrected chi connectivity index (χ3v) is 3.56. The van der Waals surface area contributed by atoms with Crippen LogP contribution in [-0.2, 0) is 11.3 Å². The smallest absolute Gasteiger partial charge is 0.328 e. The van der Waals surface area contributed by atoms with Gasteiger partial charge in [0.05, 0.1) is 0 Å². The Balaban J connectivity index is 2.08. The summed E-state index contributed by atoms with van der Waals surface area (Å²) in [5.74, 6) is -0.414. The fourth-order valence-electron chi connectivity index (χ4n) is 1.73. The van der Waals surface area contributed by atoms with E-state index in [9.17, 15) is 4.79 Å². The van der Waals surface area contributed by atoms with Crippen LogP contribution < -0.4 is 4.90 Å². The van der Waals surface area contributed by atoms with Crippen LogP contribution in [0.1, 0.15) is 11.1 Å². The van der Waals surface area contributed by atoms with Gasteiger partial charge in [0, 0.05) is 42.1 Å².